The molecule has 1 aliphatic rings. The molecule has 0 radical (unpaired) electrons. The Hall–Kier alpha value is -1.88. The first kappa shape index (κ1) is 16.5. The average molecular weight is 303 g/mol. The fourth-order valence-electron chi connectivity index (χ4n) is 2.71. The summed E-state index contributed by atoms with van der Waals surface area (Å²) >= 11 is 0. The second kappa shape index (κ2) is 8.54. The van der Waals surface area contributed by atoms with Gasteiger partial charge in [0.25, 0.3) is 5.91 Å². The summed E-state index contributed by atoms with van der Waals surface area (Å²) in [5.74, 6) is 0.0839. The molecule has 2 rings (SSSR count). The minimum absolute atomic E-state index is 0.0836. The number of carbonyl (C=O) groups is 2. The van der Waals surface area contributed by atoms with Crippen LogP contribution in [0.3, 0.4) is 0 Å². The van der Waals surface area contributed by atoms with Gasteiger partial charge in [-0.3, -0.25) is 9.59 Å². The summed E-state index contributed by atoms with van der Waals surface area (Å²) in [5.41, 5.74) is 0.653. The number of carbonyl (C=O) groups excluding carboxylic acids is 2. The normalized spacial score (nSPS) is 15.3. The van der Waals surface area contributed by atoms with Crippen molar-refractivity contribution >= 4 is 11.8 Å². The van der Waals surface area contributed by atoms with Gasteiger partial charge in [-0.15, -0.1) is 0 Å². The lowest BCUT2D eigenvalue weighted by Gasteiger charge is -2.31. The summed E-state index contributed by atoms with van der Waals surface area (Å²) in [6.07, 6.45) is 3.20. The van der Waals surface area contributed by atoms with E-state index in [1.54, 1.807) is 12.1 Å². The number of benzene rings is 1. The highest BCUT2D eigenvalue weighted by molar-refractivity contribution is 5.94. The molecule has 1 saturated heterocycles. The van der Waals surface area contributed by atoms with Crippen molar-refractivity contribution in [3.63, 3.8) is 0 Å². The fourth-order valence-corrected chi connectivity index (χ4v) is 2.71. The predicted octanol–water partition coefficient (Wildman–Crippen LogP) is 1.41. The molecule has 22 heavy (non-hydrogen) atoms. The zero-order valence-corrected chi connectivity index (χ0v) is 13.2. The van der Waals surface area contributed by atoms with Crippen molar-refractivity contribution in [1.29, 1.82) is 0 Å². The maximum Gasteiger partial charge on any atom is 0.251 e. The molecule has 2 N–H and O–H groups in total. The fraction of sp³-hybridized carbons (Fsp3) is 0.529. The third kappa shape index (κ3) is 4.84. The molecule has 0 aliphatic carbocycles. The lowest BCUT2D eigenvalue weighted by Crippen LogP contribution is -2.44. The SMILES string of the molecule is CN(C(=O)CCCNC(=O)c1ccccc1)C1CCNCC1. The van der Waals surface area contributed by atoms with Gasteiger partial charge in [0.2, 0.25) is 5.91 Å². The Bertz CT molecular complexity index is 484. The van der Waals surface area contributed by atoms with Gasteiger partial charge >= 0.3 is 0 Å². The van der Waals surface area contributed by atoms with E-state index in [4.69, 9.17) is 0 Å². The number of hydrogen-bond donors (Lipinski definition) is 2. The Morgan fingerprint density at radius 2 is 1.91 bits per heavy atom. The van der Waals surface area contributed by atoms with E-state index in [0.29, 0.717) is 31.0 Å². The Kier molecular flexibility index (Phi) is 6.40. The molecule has 1 aliphatic heterocycles. The first-order valence-electron chi connectivity index (χ1n) is 7.98. The standard InChI is InChI=1S/C17H25N3O2/c1-20(15-9-12-18-13-10-15)16(21)8-5-11-19-17(22)14-6-3-2-4-7-14/h2-4,6-7,15,18H,5,8-13H2,1H3,(H,19,22). The molecule has 1 aromatic carbocycles. The van der Waals surface area contributed by atoms with E-state index in [0.717, 1.165) is 25.9 Å². The van der Waals surface area contributed by atoms with E-state index in [9.17, 15) is 9.59 Å². The van der Waals surface area contributed by atoms with Gasteiger partial charge in [-0.25, -0.2) is 0 Å². The van der Waals surface area contributed by atoms with Crippen molar-refractivity contribution in [2.45, 2.75) is 31.7 Å². The highest BCUT2D eigenvalue weighted by Crippen LogP contribution is 2.11. The van der Waals surface area contributed by atoms with Crippen LogP contribution in [0.4, 0.5) is 0 Å². The van der Waals surface area contributed by atoms with Gasteiger partial charge in [0.15, 0.2) is 0 Å². The largest absolute Gasteiger partial charge is 0.352 e. The van der Waals surface area contributed by atoms with Crippen molar-refractivity contribution in [3.8, 4) is 0 Å². The summed E-state index contributed by atoms with van der Waals surface area (Å²) in [7, 11) is 1.89. The molecule has 0 aromatic heterocycles. The van der Waals surface area contributed by atoms with Crippen LogP contribution >= 0.6 is 0 Å². The first-order chi connectivity index (χ1) is 10.7. The van der Waals surface area contributed by atoms with Crippen LogP contribution in [0.25, 0.3) is 0 Å². The van der Waals surface area contributed by atoms with Gasteiger partial charge < -0.3 is 15.5 Å². The maximum atomic E-state index is 12.1. The van der Waals surface area contributed by atoms with Gasteiger partial charge in [0.1, 0.15) is 0 Å². The minimum atomic E-state index is -0.0836. The minimum Gasteiger partial charge on any atom is -0.352 e. The molecular formula is C17H25N3O2. The van der Waals surface area contributed by atoms with E-state index in [1.807, 2.05) is 30.1 Å². The quantitative estimate of drug-likeness (QED) is 0.781. The summed E-state index contributed by atoms with van der Waals surface area (Å²) < 4.78 is 0. The van der Waals surface area contributed by atoms with Crippen LogP contribution in [0.5, 0.6) is 0 Å². The van der Waals surface area contributed by atoms with Crippen molar-refractivity contribution in [2.24, 2.45) is 0 Å². The molecule has 1 fully saturated rings. The van der Waals surface area contributed by atoms with E-state index < -0.39 is 0 Å². The van der Waals surface area contributed by atoms with E-state index >= 15 is 0 Å². The topological polar surface area (TPSA) is 61.4 Å². The second-order valence-corrected chi connectivity index (χ2v) is 5.71. The number of hydrogen-bond acceptors (Lipinski definition) is 3. The first-order valence-corrected chi connectivity index (χ1v) is 7.98. The van der Waals surface area contributed by atoms with Gasteiger partial charge in [0.05, 0.1) is 0 Å². The number of amides is 2. The Balaban J connectivity index is 1.65. The molecule has 0 saturated carbocycles. The molecule has 5 nitrogen and oxygen atoms in total. The number of nitrogens with zero attached hydrogens (tertiary/aromatic N) is 1. The Labute approximate surface area is 132 Å². The monoisotopic (exact) mass is 303 g/mol. The lowest BCUT2D eigenvalue weighted by molar-refractivity contribution is -0.132. The molecule has 0 unspecified atom stereocenters. The molecular weight excluding hydrogens is 278 g/mol. The molecule has 0 bridgehead atoms. The van der Waals surface area contributed by atoms with Gasteiger partial charge in [-0.05, 0) is 44.5 Å². The van der Waals surface area contributed by atoms with E-state index in [2.05, 4.69) is 10.6 Å². The molecule has 0 spiro atoms. The Morgan fingerprint density at radius 3 is 2.59 bits per heavy atom. The van der Waals surface area contributed by atoms with Crippen LogP contribution in [0, 0.1) is 0 Å². The van der Waals surface area contributed by atoms with Crippen LogP contribution in [-0.4, -0.2) is 49.4 Å². The van der Waals surface area contributed by atoms with Crippen molar-refractivity contribution in [1.82, 2.24) is 15.5 Å². The van der Waals surface area contributed by atoms with E-state index in [1.165, 1.54) is 0 Å². The molecule has 1 heterocycles. The highest BCUT2D eigenvalue weighted by Gasteiger charge is 2.21. The molecule has 2 amide bonds. The van der Waals surface area contributed by atoms with Crippen LogP contribution in [0.2, 0.25) is 0 Å². The van der Waals surface area contributed by atoms with Gasteiger partial charge in [0, 0.05) is 31.6 Å². The van der Waals surface area contributed by atoms with Crippen molar-refractivity contribution in [2.75, 3.05) is 26.7 Å². The second-order valence-electron chi connectivity index (χ2n) is 5.71. The highest BCUT2D eigenvalue weighted by atomic mass is 16.2. The van der Waals surface area contributed by atoms with Crippen molar-refractivity contribution < 1.29 is 9.59 Å². The predicted molar refractivity (Wildman–Crippen MR) is 86.7 cm³/mol. The zero-order valence-electron chi connectivity index (χ0n) is 13.2. The molecule has 5 heteroatoms. The summed E-state index contributed by atoms with van der Waals surface area (Å²) in [6, 6.07) is 9.48. The summed E-state index contributed by atoms with van der Waals surface area (Å²) in [6.45, 7) is 2.49. The van der Waals surface area contributed by atoms with Crippen LogP contribution in [0.15, 0.2) is 30.3 Å². The van der Waals surface area contributed by atoms with Crippen molar-refractivity contribution in [3.05, 3.63) is 35.9 Å². The summed E-state index contributed by atoms with van der Waals surface area (Å²) in [5, 5.41) is 6.16. The number of rotatable bonds is 6. The Morgan fingerprint density at radius 1 is 1.23 bits per heavy atom. The van der Waals surface area contributed by atoms with E-state index in [-0.39, 0.29) is 11.8 Å². The van der Waals surface area contributed by atoms with Gasteiger partial charge in [-0.2, -0.15) is 0 Å². The molecule has 120 valence electrons. The number of nitrogens with one attached hydrogen (secondary N) is 2. The van der Waals surface area contributed by atoms with Gasteiger partial charge in [-0.1, -0.05) is 18.2 Å². The smallest absolute Gasteiger partial charge is 0.251 e. The van der Waals surface area contributed by atoms with Crippen LogP contribution in [0.1, 0.15) is 36.0 Å². The zero-order chi connectivity index (χ0) is 15.8. The maximum absolute atomic E-state index is 12.1. The number of piperidine rings is 1. The van der Waals surface area contributed by atoms with Crippen LogP contribution < -0.4 is 10.6 Å². The third-order valence-electron chi connectivity index (χ3n) is 4.14. The molecule has 0 atom stereocenters. The molecule has 1 aromatic rings. The third-order valence-corrected chi connectivity index (χ3v) is 4.14. The summed E-state index contributed by atoms with van der Waals surface area (Å²) in [4.78, 5) is 25.9. The lowest BCUT2D eigenvalue weighted by atomic mass is 10.0. The average Bonchev–Trinajstić information content (AvgIpc) is 2.59. The van der Waals surface area contributed by atoms with Crippen LogP contribution in [-0.2, 0) is 4.79 Å².